The molecule has 0 radical (unpaired) electrons. The zero-order valence-electron chi connectivity index (χ0n) is 11.5. The topological polar surface area (TPSA) is 55.2 Å². The molecule has 5 rings (SSSR count). The quantitative estimate of drug-likeness (QED) is 0.682. The Labute approximate surface area is 122 Å². The highest BCUT2D eigenvalue weighted by molar-refractivity contribution is 7.15. The Bertz CT molecular complexity index is 500. The van der Waals surface area contributed by atoms with E-state index in [0.29, 0.717) is 6.04 Å². The molecule has 1 aromatic heterocycles. The van der Waals surface area contributed by atoms with Crippen LogP contribution < -0.4 is 5.32 Å². The number of thiophene rings is 1. The van der Waals surface area contributed by atoms with Gasteiger partial charge >= 0.3 is 5.00 Å². The van der Waals surface area contributed by atoms with Gasteiger partial charge in [-0.2, -0.15) is 0 Å². The molecule has 4 fully saturated rings. The van der Waals surface area contributed by atoms with Gasteiger partial charge in [0.15, 0.2) is 0 Å². The molecule has 1 heterocycles. The molecular formula is C15H20N2O2S. The number of nitrogens with one attached hydrogen (secondary N) is 1. The van der Waals surface area contributed by atoms with Crippen LogP contribution in [0.1, 0.15) is 37.0 Å². The third-order valence-corrected chi connectivity index (χ3v) is 6.60. The fourth-order valence-electron chi connectivity index (χ4n) is 5.04. The SMILES string of the molecule is O=[N+]([O-])c1ccc(CNC2C3CC4CC(C3)CC2C4)s1. The molecule has 0 unspecified atom stereocenters. The highest BCUT2D eigenvalue weighted by Crippen LogP contribution is 2.53. The second-order valence-corrected chi connectivity index (χ2v) is 7.98. The van der Waals surface area contributed by atoms with Crippen molar-refractivity contribution in [3.8, 4) is 0 Å². The van der Waals surface area contributed by atoms with Crippen LogP contribution >= 0.6 is 11.3 Å². The van der Waals surface area contributed by atoms with E-state index >= 15 is 0 Å². The summed E-state index contributed by atoms with van der Waals surface area (Å²) in [5, 5.41) is 14.7. The maximum atomic E-state index is 10.7. The van der Waals surface area contributed by atoms with Gasteiger partial charge in [-0.3, -0.25) is 10.1 Å². The number of nitrogens with zero attached hydrogens (tertiary/aromatic N) is 1. The Balaban J connectivity index is 1.40. The van der Waals surface area contributed by atoms with Crippen LogP contribution in [0.3, 0.4) is 0 Å². The standard InChI is InChI=1S/C15H20N2O2S/c18-17(19)14-2-1-13(20-14)8-16-15-11-4-9-3-10(6-11)7-12(15)5-9/h1-2,9-12,15-16H,3-8H2. The van der Waals surface area contributed by atoms with E-state index < -0.39 is 0 Å². The van der Waals surface area contributed by atoms with Crippen LogP contribution in [0.2, 0.25) is 0 Å². The maximum absolute atomic E-state index is 10.7. The lowest BCUT2D eigenvalue weighted by Crippen LogP contribution is -2.54. The summed E-state index contributed by atoms with van der Waals surface area (Å²) in [6.45, 7) is 0.797. The molecule has 0 aromatic carbocycles. The Hall–Kier alpha value is -0.940. The van der Waals surface area contributed by atoms with Crippen molar-refractivity contribution in [1.82, 2.24) is 5.32 Å². The van der Waals surface area contributed by atoms with Crippen LogP contribution in [0.25, 0.3) is 0 Å². The molecule has 1 N–H and O–H groups in total. The molecule has 0 spiro atoms. The first-order valence-electron chi connectivity index (χ1n) is 7.65. The highest BCUT2D eigenvalue weighted by atomic mass is 32.1. The predicted molar refractivity (Wildman–Crippen MR) is 78.6 cm³/mol. The lowest BCUT2D eigenvalue weighted by Gasteiger charge is -2.54. The first-order valence-corrected chi connectivity index (χ1v) is 8.47. The van der Waals surface area contributed by atoms with E-state index in [4.69, 9.17) is 0 Å². The van der Waals surface area contributed by atoms with Gasteiger partial charge in [0.2, 0.25) is 0 Å². The van der Waals surface area contributed by atoms with Gasteiger partial charge in [-0.25, -0.2) is 0 Å². The lowest BCUT2D eigenvalue weighted by atomic mass is 9.54. The van der Waals surface area contributed by atoms with Gasteiger partial charge in [-0.15, -0.1) is 0 Å². The maximum Gasteiger partial charge on any atom is 0.324 e. The van der Waals surface area contributed by atoms with Gasteiger partial charge in [-0.05, 0) is 61.8 Å². The van der Waals surface area contributed by atoms with E-state index in [1.807, 2.05) is 6.07 Å². The van der Waals surface area contributed by atoms with E-state index in [2.05, 4.69) is 5.32 Å². The molecule has 5 heteroatoms. The molecule has 0 amide bonds. The molecule has 0 saturated heterocycles. The third-order valence-electron chi connectivity index (χ3n) is 5.57. The molecule has 4 nitrogen and oxygen atoms in total. The third kappa shape index (κ3) is 2.17. The van der Waals surface area contributed by atoms with Crippen LogP contribution in [0.5, 0.6) is 0 Å². The molecule has 20 heavy (non-hydrogen) atoms. The van der Waals surface area contributed by atoms with Crippen molar-refractivity contribution in [2.75, 3.05) is 0 Å². The van der Waals surface area contributed by atoms with Crippen molar-refractivity contribution in [3.63, 3.8) is 0 Å². The molecule has 4 bridgehead atoms. The summed E-state index contributed by atoms with van der Waals surface area (Å²) in [5.74, 6) is 3.72. The van der Waals surface area contributed by atoms with E-state index in [0.717, 1.165) is 35.1 Å². The molecular weight excluding hydrogens is 272 g/mol. The molecule has 0 aliphatic heterocycles. The average molecular weight is 292 g/mol. The second kappa shape index (κ2) is 4.81. The normalized spacial score (nSPS) is 38.3. The second-order valence-electron chi connectivity index (χ2n) is 6.83. The van der Waals surface area contributed by atoms with Gasteiger partial charge in [0.1, 0.15) is 0 Å². The monoisotopic (exact) mass is 292 g/mol. The summed E-state index contributed by atoms with van der Waals surface area (Å²) >= 11 is 1.31. The zero-order valence-corrected chi connectivity index (χ0v) is 12.3. The van der Waals surface area contributed by atoms with Crippen LogP contribution in [0.4, 0.5) is 5.00 Å². The van der Waals surface area contributed by atoms with E-state index in [1.54, 1.807) is 6.07 Å². The van der Waals surface area contributed by atoms with Crippen LogP contribution in [0.15, 0.2) is 12.1 Å². The Morgan fingerprint density at radius 1 is 1.15 bits per heavy atom. The Morgan fingerprint density at radius 2 is 1.80 bits per heavy atom. The first kappa shape index (κ1) is 12.8. The molecule has 4 aliphatic carbocycles. The summed E-state index contributed by atoms with van der Waals surface area (Å²) in [7, 11) is 0. The Morgan fingerprint density at radius 3 is 2.35 bits per heavy atom. The van der Waals surface area contributed by atoms with Crippen LogP contribution in [-0.2, 0) is 6.54 Å². The predicted octanol–water partition coefficient (Wildman–Crippen LogP) is 3.57. The average Bonchev–Trinajstić information content (AvgIpc) is 2.86. The molecule has 0 atom stereocenters. The van der Waals surface area contributed by atoms with Crippen molar-refractivity contribution < 1.29 is 4.92 Å². The molecule has 1 aromatic rings. The summed E-state index contributed by atoms with van der Waals surface area (Å²) in [4.78, 5) is 11.5. The summed E-state index contributed by atoms with van der Waals surface area (Å²) in [6.07, 6.45) is 7.13. The van der Waals surface area contributed by atoms with Gasteiger partial charge in [0.25, 0.3) is 0 Å². The van der Waals surface area contributed by atoms with E-state index in [9.17, 15) is 10.1 Å². The number of nitro groups is 1. The molecule has 4 aliphatic rings. The van der Waals surface area contributed by atoms with Crippen molar-refractivity contribution in [1.29, 1.82) is 0 Å². The number of rotatable bonds is 4. The summed E-state index contributed by atoms with van der Waals surface area (Å²) in [6, 6.07) is 4.17. The number of hydrogen-bond acceptors (Lipinski definition) is 4. The fraction of sp³-hybridized carbons (Fsp3) is 0.733. The van der Waals surface area contributed by atoms with Crippen molar-refractivity contribution in [3.05, 3.63) is 27.1 Å². The lowest BCUT2D eigenvalue weighted by molar-refractivity contribution is -0.380. The summed E-state index contributed by atoms with van der Waals surface area (Å²) < 4.78 is 0. The van der Waals surface area contributed by atoms with Crippen LogP contribution in [-0.4, -0.2) is 11.0 Å². The van der Waals surface area contributed by atoms with E-state index in [-0.39, 0.29) is 9.92 Å². The minimum absolute atomic E-state index is 0.256. The van der Waals surface area contributed by atoms with Gasteiger partial charge in [0, 0.05) is 23.5 Å². The minimum Gasteiger partial charge on any atom is -0.309 e. The van der Waals surface area contributed by atoms with Crippen molar-refractivity contribution in [2.24, 2.45) is 23.7 Å². The molecule has 4 saturated carbocycles. The highest BCUT2D eigenvalue weighted by Gasteiger charge is 2.47. The largest absolute Gasteiger partial charge is 0.324 e. The van der Waals surface area contributed by atoms with Crippen LogP contribution in [0, 0.1) is 33.8 Å². The van der Waals surface area contributed by atoms with E-state index in [1.165, 1.54) is 43.4 Å². The van der Waals surface area contributed by atoms with Crippen molar-refractivity contribution in [2.45, 2.75) is 44.7 Å². The smallest absolute Gasteiger partial charge is 0.309 e. The van der Waals surface area contributed by atoms with Gasteiger partial charge in [-0.1, -0.05) is 11.3 Å². The van der Waals surface area contributed by atoms with Gasteiger partial charge < -0.3 is 5.32 Å². The Kier molecular flexibility index (Phi) is 3.07. The minimum atomic E-state index is -0.295. The zero-order chi connectivity index (χ0) is 13.7. The van der Waals surface area contributed by atoms with Gasteiger partial charge in [0.05, 0.1) is 4.92 Å². The summed E-state index contributed by atoms with van der Waals surface area (Å²) in [5.41, 5.74) is 0. The fourth-order valence-corrected chi connectivity index (χ4v) is 5.81. The van der Waals surface area contributed by atoms with Crippen molar-refractivity contribution >= 4 is 16.3 Å². The molecule has 108 valence electrons. The number of hydrogen-bond donors (Lipinski definition) is 1. The first-order chi connectivity index (χ1) is 9.69.